The van der Waals surface area contributed by atoms with Gasteiger partial charge in [0.05, 0.1) is 26.8 Å². The van der Waals surface area contributed by atoms with Gasteiger partial charge in [0, 0.05) is 6.42 Å². The van der Waals surface area contributed by atoms with Crippen molar-refractivity contribution in [1.29, 1.82) is 0 Å². The summed E-state index contributed by atoms with van der Waals surface area (Å²) < 4.78 is 1.91. The largest absolute Gasteiger partial charge is 0.322 e. The van der Waals surface area contributed by atoms with Crippen LogP contribution in [0.5, 0.6) is 0 Å². The van der Waals surface area contributed by atoms with Crippen LogP contribution in [0.1, 0.15) is 12.7 Å². The normalized spacial score (nSPS) is 10.9. The highest BCUT2D eigenvalue weighted by Gasteiger charge is 2.14. The van der Waals surface area contributed by atoms with E-state index in [0.29, 0.717) is 15.7 Å². The van der Waals surface area contributed by atoms with Gasteiger partial charge in [0.25, 0.3) is 0 Å². The maximum absolute atomic E-state index is 12.4. The van der Waals surface area contributed by atoms with Crippen LogP contribution in [0, 0.1) is 0 Å². The van der Waals surface area contributed by atoms with E-state index >= 15 is 0 Å². The van der Waals surface area contributed by atoms with E-state index in [1.807, 2.05) is 35.8 Å². The monoisotopic (exact) mass is 347 g/mol. The van der Waals surface area contributed by atoms with Crippen molar-refractivity contribution in [1.82, 2.24) is 9.55 Å². The second-order valence-electron chi connectivity index (χ2n) is 5.10. The van der Waals surface area contributed by atoms with Crippen LogP contribution in [0.15, 0.2) is 42.5 Å². The van der Waals surface area contributed by atoms with Crippen LogP contribution in [0.3, 0.4) is 0 Å². The van der Waals surface area contributed by atoms with Gasteiger partial charge in [-0.25, -0.2) is 4.98 Å². The molecule has 6 heteroatoms. The Bertz CT molecular complexity index is 853. The minimum absolute atomic E-state index is 0.158. The van der Waals surface area contributed by atoms with E-state index in [1.165, 1.54) is 0 Å². The fourth-order valence-corrected chi connectivity index (χ4v) is 3.00. The Balaban J connectivity index is 1.89. The predicted molar refractivity (Wildman–Crippen MR) is 94.2 cm³/mol. The first-order valence-corrected chi connectivity index (χ1v) is 8.03. The van der Waals surface area contributed by atoms with E-state index in [2.05, 4.69) is 10.3 Å². The maximum atomic E-state index is 12.4. The van der Waals surface area contributed by atoms with Gasteiger partial charge < -0.3 is 9.88 Å². The number of hydrogen-bond acceptors (Lipinski definition) is 2. The maximum Gasteiger partial charge on any atom is 0.244 e. The number of nitrogens with one attached hydrogen (secondary N) is 1. The lowest BCUT2D eigenvalue weighted by Gasteiger charge is -2.11. The smallest absolute Gasteiger partial charge is 0.244 e. The van der Waals surface area contributed by atoms with Crippen LogP contribution >= 0.6 is 23.2 Å². The van der Waals surface area contributed by atoms with Crippen molar-refractivity contribution in [2.45, 2.75) is 19.9 Å². The van der Waals surface area contributed by atoms with Crippen LogP contribution < -0.4 is 5.32 Å². The molecule has 1 aromatic heterocycles. The molecule has 3 aromatic rings. The third-order valence-corrected chi connectivity index (χ3v) is 4.21. The van der Waals surface area contributed by atoms with Gasteiger partial charge in [-0.2, -0.15) is 0 Å². The Kier molecular flexibility index (Phi) is 4.55. The number of fused-ring (bicyclic) bond motifs is 1. The summed E-state index contributed by atoms with van der Waals surface area (Å²) in [6.07, 6.45) is 0.745. The summed E-state index contributed by atoms with van der Waals surface area (Å²) in [4.78, 5) is 17.0. The SMILES string of the molecule is CCc1nc2ccccc2n1CC(=O)Nc1c(Cl)cccc1Cl. The van der Waals surface area contributed by atoms with E-state index in [1.54, 1.807) is 18.2 Å². The number of carbonyl (C=O) groups is 1. The quantitative estimate of drug-likeness (QED) is 0.752. The Hall–Kier alpha value is -2.04. The fourth-order valence-electron chi connectivity index (χ4n) is 2.51. The molecular formula is C17H15Cl2N3O. The zero-order valence-corrected chi connectivity index (χ0v) is 14.0. The van der Waals surface area contributed by atoms with Crippen molar-refractivity contribution in [2.24, 2.45) is 0 Å². The highest BCUT2D eigenvalue weighted by Crippen LogP contribution is 2.29. The Morgan fingerprint density at radius 3 is 2.52 bits per heavy atom. The van der Waals surface area contributed by atoms with Crippen molar-refractivity contribution in [2.75, 3.05) is 5.32 Å². The average molecular weight is 348 g/mol. The standard InChI is InChI=1S/C17H15Cl2N3O/c1-2-15-20-13-8-3-4-9-14(13)22(15)10-16(23)21-17-11(18)6-5-7-12(17)19/h3-9H,2,10H2,1H3,(H,21,23). The summed E-state index contributed by atoms with van der Waals surface area (Å²) in [7, 11) is 0. The predicted octanol–water partition coefficient (Wildman–Crippen LogP) is 4.54. The number of hydrogen-bond donors (Lipinski definition) is 1. The van der Waals surface area contributed by atoms with Crippen molar-refractivity contribution < 1.29 is 4.79 Å². The molecule has 1 heterocycles. The molecule has 0 aliphatic rings. The lowest BCUT2D eigenvalue weighted by molar-refractivity contribution is -0.116. The van der Waals surface area contributed by atoms with Gasteiger partial charge >= 0.3 is 0 Å². The van der Waals surface area contributed by atoms with Crippen LogP contribution in [-0.4, -0.2) is 15.5 Å². The van der Waals surface area contributed by atoms with Crippen molar-refractivity contribution in [3.05, 3.63) is 58.3 Å². The Morgan fingerprint density at radius 2 is 1.83 bits per heavy atom. The van der Waals surface area contributed by atoms with Crippen LogP contribution in [0.4, 0.5) is 5.69 Å². The molecule has 0 aliphatic heterocycles. The molecule has 4 nitrogen and oxygen atoms in total. The molecule has 2 aromatic carbocycles. The van der Waals surface area contributed by atoms with Crippen molar-refractivity contribution >= 4 is 45.8 Å². The molecule has 0 unspecified atom stereocenters. The molecule has 118 valence electrons. The molecule has 0 bridgehead atoms. The number of rotatable bonds is 4. The molecule has 23 heavy (non-hydrogen) atoms. The minimum Gasteiger partial charge on any atom is -0.322 e. The van der Waals surface area contributed by atoms with E-state index in [4.69, 9.17) is 23.2 Å². The number of para-hydroxylation sites is 3. The first kappa shape index (κ1) is 15.8. The summed E-state index contributed by atoms with van der Waals surface area (Å²) >= 11 is 12.2. The van der Waals surface area contributed by atoms with Gasteiger partial charge in [0.1, 0.15) is 12.4 Å². The highest BCUT2D eigenvalue weighted by molar-refractivity contribution is 6.39. The molecule has 1 N–H and O–H groups in total. The molecule has 0 fully saturated rings. The Morgan fingerprint density at radius 1 is 1.13 bits per heavy atom. The first-order chi connectivity index (χ1) is 11.1. The minimum atomic E-state index is -0.196. The van der Waals surface area contributed by atoms with Gasteiger partial charge in [-0.3, -0.25) is 4.79 Å². The third kappa shape index (κ3) is 3.19. The number of amides is 1. The van der Waals surface area contributed by atoms with E-state index < -0.39 is 0 Å². The lowest BCUT2D eigenvalue weighted by atomic mass is 10.3. The van der Waals surface area contributed by atoms with E-state index in [0.717, 1.165) is 23.3 Å². The second kappa shape index (κ2) is 6.60. The lowest BCUT2D eigenvalue weighted by Crippen LogP contribution is -2.20. The summed E-state index contributed by atoms with van der Waals surface area (Å²) in [5.74, 6) is 0.671. The average Bonchev–Trinajstić information content (AvgIpc) is 2.89. The zero-order chi connectivity index (χ0) is 16.4. The Labute approximate surface area is 144 Å². The van der Waals surface area contributed by atoms with Crippen molar-refractivity contribution in [3.63, 3.8) is 0 Å². The summed E-state index contributed by atoms with van der Waals surface area (Å²) in [5.41, 5.74) is 2.25. The molecular weight excluding hydrogens is 333 g/mol. The number of halogens is 2. The summed E-state index contributed by atoms with van der Waals surface area (Å²) in [6.45, 7) is 2.17. The number of imidazole rings is 1. The van der Waals surface area contributed by atoms with Crippen LogP contribution in [-0.2, 0) is 17.8 Å². The molecule has 3 rings (SSSR count). The number of benzene rings is 2. The van der Waals surface area contributed by atoms with E-state index in [9.17, 15) is 4.79 Å². The topological polar surface area (TPSA) is 46.9 Å². The number of aromatic nitrogens is 2. The fraction of sp³-hybridized carbons (Fsp3) is 0.176. The van der Waals surface area contributed by atoms with Crippen LogP contribution in [0.25, 0.3) is 11.0 Å². The number of anilines is 1. The number of carbonyl (C=O) groups excluding carboxylic acids is 1. The van der Waals surface area contributed by atoms with Gasteiger partial charge in [0.15, 0.2) is 0 Å². The zero-order valence-electron chi connectivity index (χ0n) is 12.5. The summed E-state index contributed by atoms with van der Waals surface area (Å²) in [5, 5.41) is 3.61. The van der Waals surface area contributed by atoms with E-state index in [-0.39, 0.29) is 12.5 Å². The van der Waals surface area contributed by atoms with Crippen LogP contribution in [0.2, 0.25) is 10.0 Å². The van der Waals surface area contributed by atoms with Crippen molar-refractivity contribution in [3.8, 4) is 0 Å². The molecule has 1 amide bonds. The highest BCUT2D eigenvalue weighted by atomic mass is 35.5. The second-order valence-corrected chi connectivity index (χ2v) is 5.92. The molecule has 0 saturated heterocycles. The van der Waals surface area contributed by atoms with Gasteiger partial charge in [-0.15, -0.1) is 0 Å². The molecule has 0 aliphatic carbocycles. The molecule has 0 radical (unpaired) electrons. The molecule has 0 atom stereocenters. The first-order valence-electron chi connectivity index (χ1n) is 7.28. The van der Waals surface area contributed by atoms with Gasteiger partial charge in [0.2, 0.25) is 5.91 Å². The summed E-state index contributed by atoms with van der Waals surface area (Å²) in [6, 6.07) is 12.9. The third-order valence-electron chi connectivity index (χ3n) is 3.58. The molecule has 0 saturated carbocycles. The van der Waals surface area contributed by atoms with Gasteiger partial charge in [-0.05, 0) is 24.3 Å². The molecule has 0 spiro atoms. The van der Waals surface area contributed by atoms with Gasteiger partial charge in [-0.1, -0.05) is 48.3 Å². The number of aryl methyl sites for hydroxylation is 1. The number of nitrogens with zero attached hydrogens (tertiary/aromatic N) is 2.